The number of hydrogen-bond acceptors (Lipinski definition) is 4. The summed E-state index contributed by atoms with van der Waals surface area (Å²) in [5, 5.41) is 13.0. The molecular formula is C16H11FN2O3. The van der Waals surface area contributed by atoms with Gasteiger partial charge in [-0.1, -0.05) is 5.16 Å². The summed E-state index contributed by atoms with van der Waals surface area (Å²) in [6.07, 6.45) is 2.91. The van der Waals surface area contributed by atoms with E-state index < -0.39 is 5.97 Å². The Hall–Kier alpha value is -3.02. The molecule has 0 spiro atoms. The van der Waals surface area contributed by atoms with E-state index in [1.54, 1.807) is 36.7 Å². The van der Waals surface area contributed by atoms with Gasteiger partial charge in [0.05, 0.1) is 5.56 Å². The van der Waals surface area contributed by atoms with E-state index in [0.29, 0.717) is 16.8 Å². The molecule has 0 radical (unpaired) electrons. The van der Waals surface area contributed by atoms with Crippen LogP contribution in [0.3, 0.4) is 0 Å². The van der Waals surface area contributed by atoms with Gasteiger partial charge in [-0.3, -0.25) is 9.78 Å². The van der Waals surface area contributed by atoms with Gasteiger partial charge in [0.2, 0.25) is 0 Å². The van der Waals surface area contributed by atoms with Gasteiger partial charge in [0.25, 0.3) is 0 Å². The monoisotopic (exact) mass is 298 g/mol. The van der Waals surface area contributed by atoms with E-state index in [1.165, 1.54) is 12.1 Å². The van der Waals surface area contributed by atoms with Crippen LogP contribution in [0.4, 0.5) is 4.39 Å². The highest BCUT2D eigenvalue weighted by atomic mass is 19.1. The third-order valence-corrected chi connectivity index (χ3v) is 3.16. The number of hydrogen-bond donors (Lipinski definition) is 1. The first kappa shape index (κ1) is 13.9. The van der Waals surface area contributed by atoms with Crippen LogP contribution in [0, 0.1) is 5.82 Å². The molecule has 2 heterocycles. The van der Waals surface area contributed by atoms with Gasteiger partial charge in [-0.25, -0.2) is 4.39 Å². The van der Waals surface area contributed by atoms with Gasteiger partial charge < -0.3 is 9.63 Å². The first-order valence-electron chi connectivity index (χ1n) is 6.52. The highest BCUT2D eigenvalue weighted by molar-refractivity contribution is 5.84. The third kappa shape index (κ3) is 2.71. The summed E-state index contributed by atoms with van der Waals surface area (Å²) in [7, 11) is 0. The largest absolute Gasteiger partial charge is 0.481 e. The molecule has 0 aliphatic rings. The Balaban J connectivity index is 2.16. The van der Waals surface area contributed by atoms with Crippen molar-refractivity contribution in [2.45, 2.75) is 6.42 Å². The van der Waals surface area contributed by atoms with E-state index in [4.69, 9.17) is 9.63 Å². The lowest BCUT2D eigenvalue weighted by atomic mass is 9.99. The maximum atomic E-state index is 13.1. The Morgan fingerprint density at radius 2 is 1.77 bits per heavy atom. The van der Waals surface area contributed by atoms with Gasteiger partial charge in [0.1, 0.15) is 17.9 Å². The molecule has 0 saturated heterocycles. The van der Waals surface area contributed by atoms with Crippen LogP contribution in [-0.4, -0.2) is 21.2 Å². The molecule has 1 aromatic carbocycles. The van der Waals surface area contributed by atoms with Crippen molar-refractivity contribution in [2.75, 3.05) is 0 Å². The van der Waals surface area contributed by atoms with Crippen molar-refractivity contribution in [2.24, 2.45) is 0 Å². The Kier molecular flexibility index (Phi) is 3.65. The molecule has 22 heavy (non-hydrogen) atoms. The van der Waals surface area contributed by atoms with Crippen molar-refractivity contribution >= 4 is 5.97 Å². The fraction of sp³-hybridized carbons (Fsp3) is 0.0625. The molecule has 0 fully saturated rings. The second-order valence-electron chi connectivity index (χ2n) is 4.64. The molecule has 1 N–H and O–H groups in total. The number of pyridine rings is 1. The topological polar surface area (TPSA) is 76.2 Å². The van der Waals surface area contributed by atoms with Gasteiger partial charge in [0, 0.05) is 18.0 Å². The summed E-state index contributed by atoms with van der Waals surface area (Å²) < 4.78 is 18.3. The second-order valence-corrected chi connectivity index (χ2v) is 4.64. The summed E-state index contributed by atoms with van der Waals surface area (Å²) in [5.41, 5.74) is 2.44. The van der Waals surface area contributed by atoms with E-state index in [1.807, 2.05) is 0 Å². The maximum Gasteiger partial charge on any atom is 0.311 e. The molecule has 6 heteroatoms. The van der Waals surface area contributed by atoms with Crippen LogP contribution in [-0.2, 0) is 11.2 Å². The predicted molar refractivity (Wildman–Crippen MR) is 76.5 cm³/mol. The molecule has 0 atom stereocenters. The first-order valence-corrected chi connectivity index (χ1v) is 6.52. The first-order chi connectivity index (χ1) is 10.6. The Bertz CT molecular complexity index is 798. The predicted octanol–water partition coefficient (Wildman–Crippen LogP) is 3.17. The zero-order valence-corrected chi connectivity index (χ0v) is 11.4. The van der Waals surface area contributed by atoms with Gasteiger partial charge >= 0.3 is 5.97 Å². The number of rotatable bonds is 4. The average Bonchev–Trinajstić information content (AvgIpc) is 2.91. The number of carboxylic acids is 1. The van der Waals surface area contributed by atoms with Crippen molar-refractivity contribution in [3.8, 4) is 22.4 Å². The number of carbonyl (C=O) groups is 1. The molecule has 2 aromatic heterocycles. The average molecular weight is 298 g/mol. The SMILES string of the molecule is O=C(O)Cc1onc(-c2ccc(F)cc2)c1-c1ccncc1. The lowest BCUT2D eigenvalue weighted by Crippen LogP contribution is -2.00. The summed E-state index contributed by atoms with van der Waals surface area (Å²) in [5.74, 6) is -1.13. The van der Waals surface area contributed by atoms with Crippen LogP contribution in [0.2, 0.25) is 0 Å². The molecule has 5 nitrogen and oxygen atoms in total. The normalized spacial score (nSPS) is 10.6. The molecule has 110 valence electrons. The van der Waals surface area contributed by atoms with Crippen molar-refractivity contribution < 1.29 is 18.8 Å². The zero-order chi connectivity index (χ0) is 15.5. The number of carboxylic acid groups (broad SMARTS) is 1. The molecule has 0 aliphatic heterocycles. The van der Waals surface area contributed by atoms with Gasteiger partial charge in [-0.15, -0.1) is 0 Å². The van der Waals surface area contributed by atoms with E-state index >= 15 is 0 Å². The Labute approximate surface area is 125 Å². The molecule has 3 aromatic rings. The van der Waals surface area contributed by atoms with Gasteiger partial charge in [-0.2, -0.15) is 0 Å². The third-order valence-electron chi connectivity index (χ3n) is 3.16. The van der Waals surface area contributed by atoms with E-state index in [0.717, 1.165) is 5.56 Å². The molecule has 0 bridgehead atoms. The minimum absolute atomic E-state index is 0.248. The number of benzene rings is 1. The van der Waals surface area contributed by atoms with Crippen LogP contribution in [0.5, 0.6) is 0 Å². The van der Waals surface area contributed by atoms with Crippen molar-refractivity contribution in [3.63, 3.8) is 0 Å². The smallest absolute Gasteiger partial charge is 0.311 e. The van der Waals surface area contributed by atoms with Crippen LogP contribution < -0.4 is 0 Å². The van der Waals surface area contributed by atoms with Crippen molar-refractivity contribution in [1.82, 2.24) is 10.1 Å². The standard InChI is InChI=1S/C16H11FN2O3/c17-12-3-1-11(2-4-12)16-15(10-5-7-18-8-6-10)13(22-19-16)9-14(20)21/h1-8H,9H2,(H,20,21). The van der Waals surface area contributed by atoms with Crippen molar-refractivity contribution in [1.29, 1.82) is 0 Å². The van der Waals surface area contributed by atoms with Crippen LogP contribution in [0.1, 0.15) is 5.76 Å². The summed E-state index contributed by atoms with van der Waals surface area (Å²) in [6, 6.07) is 9.26. The highest BCUT2D eigenvalue weighted by Crippen LogP contribution is 2.34. The van der Waals surface area contributed by atoms with Crippen molar-refractivity contribution in [3.05, 3.63) is 60.4 Å². The molecule has 3 rings (SSSR count). The minimum Gasteiger partial charge on any atom is -0.481 e. The lowest BCUT2D eigenvalue weighted by Gasteiger charge is -2.03. The van der Waals surface area contributed by atoms with E-state index in [9.17, 15) is 9.18 Å². The number of halogens is 1. The molecule has 0 aliphatic carbocycles. The van der Waals surface area contributed by atoms with E-state index in [-0.39, 0.29) is 18.0 Å². The number of aliphatic carboxylic acids is 1. The molecule has 0 unspecified atom stereocenters. The molecule has 0 saturated carbocycles. The van der Waals surface area contributed by atoms with Gasteiger partial charge in [-0.05, 0) is 42.0 Å². The quantitative estimate of drug-likeness (QED) is 0.800. The summed E-state index contributed by atoms with van der Waals surface area (Å²) >= 11 is 0. The molecule has 0 amide bonds. The van der Waals surface area contributed by atoms with E-state index in [2.05, 4.69) is 10.1 Å². The zero-order valence-electron chi connectivity index (χ0n) is 11.4. The fourth-order valence-electron chi connectivity index (χ4n) is 2.20. The van der Waals surface area contributed by atoms with Crippen LogP contribution in [0.25, 0.3) is 22.4 Å². The van der Waals surface area contributed by atoms with Gasteiger partial charge in [0.15, 0.2) is 5.76 Å². The number of aromatic nitrogens is 2. The van der Waals surface area contributed by atoms with Crippen LogP contribution >= 0.6 is 0 Å². The maximum absolute atomic E-state index is 13.1. The summed E-state index contributed by atoms with van der Waals surface area (Å²) in [6.45, 7) is 0. The highest BCUT2D eigenvalue weighted by Gasteiger charge is 2.21. The minimum atomic E-state index is -1.02. The number of nitrogens with zero attached hydrogens (tertiary/aromatic N) is 2. The summed E-state index contributed by atoms with van der Waals surface area (Å²) in [4.78, 5) is 14.9. The van der Waals surface area contributed by atoms with Crippen LogP contribution in [0.15, 0.2) is 53.3 Å². The Morgan fingerprint density at radius 3 is 2.41 bits per heavy atom. The second kappa shape index (κ2) is 5.77. The fourth-order valence-corrected chi connectivity index (χ4v) is 2.20. The molecular weight excluding hydrogens is 287 g/mol. The Morgan fingerprint density at radius 1 is 1.09 bits per heavy atom. The lowest BCUT2D eigenvalue weighted by molar-refractivity contribution is -0.136.